The Labute approximate surface area is 194 Å². The molecule has 0 fully saturated rings. The number of amides is 1. The van der Waals surface area contributed by atoms with E-state index in [1.807, 2.05) is 6.07 Å². The predicted molar refractivity (Wildman–Crippen MR) is 127 cm³/mol. The molecule has 8 nitrogen and oxygen atoms in total. The van der Waals surface area contributed by atoms with Crippen molar-refractivity contribution in [3.8, 4) is 0 Å². The van der Waals surface area contributed by atoms with Gasteiger partial charge in [0.2, 0.25) is 26.0 Å². The summed E-state index contributed by atoms with van der Waals surface area (Å²) in [7, 11) is -6.37. The minimum Gasteiger partial charge on any atom is -0.325 e. The van der Waals surface area contributed by atoms with Gasteiger partial charge in [-0.15, -0.1) is 0 Å². The lowest BCUT2D eigenvalue weighted by molar-refractivity contribution is -0.116. The number of carbonyl (C=O) groups excluding carboxylic acids is 1. The fourth-order valence-electron chi connectivity index (χ4n) is 3.13. The largest absolute Gasteiger partial charge is 0.325 e. The van der Waals surface area contributed by atoms with Gasteiger partial charge in [-0.1, -0.05) is 54.6 Å². The number of hydrogen-bond acceptors (Lipinski definition) is 5. The van der Waals surface area contributed by atoms with Crippen molar-refractivity contribution in [1.82, 2.24) is 9.03 Å². The molecule has 0 aromatic heterocycles. The predicted octanol–water partition coefficient (Wildman–Crippen LogP) is 2.73. The van der Waals surface area contributed by atoms with Crippen LogP contribution >= 0.6 is 0 Å². The lowest BCUT2D eigenvalue weighted by atomic mass is 10.2. The lowest BCUT2D eigenvalue weighted by Gasteiger charge is -2.22. The zero-order valence-electron chi connectivity index (χ0n) is 18.2. The Morgan fingerprint density at radius 1 is 0.848 bits per heavy atom. The van der Waals surface area contributed by atoms with Gasteiger partial charge < -0.3 is 5.32 Å². The molecule has 0 atom stereocenters. The van der Waals surface area contributed by atoms with Crippen molar-refractivity contribution in [1.29, 1.82) is 0 Å². The molecule has 174 valence electrons. The molecule has 1 amide bonds. The molecule has 3 rings (SSSR count). The summed E-state index contributed by atoms with van der Waals surface area (Å²) in [5.41, 5.74) is 1.65. The third-order valence-corrected chi connectivity index (χ3v) is 8.18. The summed E-state index contributed by atoms with van der Waals surface area (Å²) in [5.74, 6) is -0.590. The molecule has 0 unspecified atom stereocenters. The van der Waals surface area contributed by atoms with Gasteiger partial charge in [-0.25, -0.2) is 21.6 Å². The summed E-state index contributed by atoms with van der Waals surface area (Å²) in [6.45, 7) is 1.26. The van der Waals surface area contributed by atoms with Crippen molar-refractivity contribution >= 4 is 31.6 Å². The van der Waals surface area contributed by atoms with Gasteiger partial charge in [-0.05, 0) is 49.4 Å². The van der Waals surface area contributed by atoms with Crippen LogP contribution in [0, 0.1) is 6.92 Å². The number of carbonyl (C=O) groups is 1. The third kappa shape index (κ3) is 6.05. The van der Waals surface area contributed by atoms with Gasteiger partial charge in [0.15, 0.2) is 0 Å². The maximum Gasteiger partial charge on any atom is 0.243 e. The molecular weight excluding hydrogens is 462 g/mol. The van der Waals surface area contributed by atoms with E-state index in [1.54, 1.807) is 55.5 Å². The average molecular weight is 488 g/mol. The second kappa shape index (κ2) is 10.3. The Morgan fingerprint density at radius 2 is 1.45 bits per heavy atom. The van der Waals surface area contributed by atoms with E-state index in [2.05, 4.69) is 10.0 Å². The van der Waals surface area contributed by atoms with Crippen molar-refractivity contribution in [2.45, 2.75) is 23.3 Å². The van der Waals surface area contributed by atoms with Crippen LogP contribution in [0.1, 0.15) is 11.1 Å². The molecular formula is C23H25N3O5S2. The van der Waals surface area contributed by atoms with Gasteiger partial charge in [-0.2, -0.15) is 4.31 Å². The number of rotatable bonds is 9. The number of aryl methyl sites for hydroxylation is 1. The number of sulfonamides is 2. The van der Waals surface area contributed by atoms with Crippen LogP contribution in [0.3, 0.4) is 0 Å². The summed E-state index contributed by atoms with van der Waals surface area (Å²) in [6.07, 6.45) is 0. The molecule has 2 N–H and O–H groups in total. The first-order chi connectivity index (χ1) is 15.6. The van der Waals surface area contributed by atoms with Crippen LogP contribution in [0.2, 0.25) is 0 Å². The number of nitrogens with zero attached hydrogens (tertiary/aromatic N) is 1. The first-order valence-electron chi connectivity index (χ1n) is 10.1. The molecule has 3 aromatic rings. The summed E-state index contributed by atoms with van der Waals surface area (Å²) in [6, 6.07) is 21.2. The van der Waals surface area contributed by atoms with E-state index in [1.165, 1.54) is 31.3 Å². The molecule has 0 bridgehead atoms. The maximum atomic E-state index is 13.3. The molecule has 3 aromatic carbocycles. The van der Waals surface area contributed by atoms with Crippen LogP contribution in [-0.4, -0.2) is 40.6 Å². The molecule has 0 spiro atoms. The van der Waals surface area contributed by atoms with E-state index in [0.717, 1.165) is 9.87 Å². The highest BCUT2D eigenvalue weighted by Crippen LogP contribution is 2.22. The molecule has 0 radical (unpaired) electrons. The zero-order valence-corrected chi connectivity index (χ0v) is 19.9. The summed E-state index contributed by atoms with van der Waals surface area (Å²) in [4.78, 5) is 13.0. The molecule has 0 aliphatic rings. The lowest BCUT2D eigenvalue weighted by Crippen LogP contribution is -2.37. The van der Waals surface area contributed by atoms with E-state index < -0.39 is 32.5 Å². The monoisotopic (exact) mass is 487 g/mol. The van der Waals surface area contributed by atoms with Gasteiger partial charge >= 0.3 is 0 Å². The van der Waals surface area contributed by atoms with Crippen molar-refractivity contribution < 1.29 is 21.6 Å². The fraction of sp³-hybridized carbons (Fsp3) is 0.174. The Morgan fingerprint density at radius 3 is 2.06 bits per heavy atom. The van der Waals surface area contributed by atoms with Gasteiger partial charge in [-0.3, -0.25) is 4.79 Å². The van der Waals surface area contributed by atoms with E-state index >= 15 is 0 Å². The first-order valence-corrected chi connectivity index (χ1v) is 13.0. The Hall–Kier alpha value is -3.05. The van der Waals surface area contributed by atoms with Crippen LogP contribution in [0.25, 0.3) is 0 Å². The van der Waals surface area contributed by atoms with Gasteiger partial charge in [0.05, 0.1) is 16.3 Å². The molecule has 0 saturated carbocycles. The Kier molecular flexibility index (Phi) is 7.65. The topological polar surface area (TPSA) is 113 Å². The van der Waals surface area contributed by atoms with Gasteiger partial charge in [0, 0.05) is 12.2 Å². The van der Waals surface area contributed by atoms with Crippen LogP contribution in [-0.2, 0) is 31.4 Å². The third-order valence-electron chi connectivity index (χ3n) is 4.96. The standard InChI is InChI=1S/C23H25N3O5S2/c1-18-13-14-21(32(28,29)24-2)15-22(18)25-23(27)17-26(16-19-9-5-3-6-10-19)33(30,31)20-11-7-4-8-12-20/h3-15,24H,16-17H2,1-2H3,(H,25,27). The first kappa shape index (κ1) is 24.6. The minimum atomic E-state index is -3.97. The highest BCUT2D eigenvalue weighted by Gasteiger charge is 2.27. The average Bonchev–Trinajstić information content (AvgIpc) is 2.81. The minimum absolute atomic E-state index is 0.00135. The van der Waals surface area contributed by atoms with E-state index in [-0.39, 0.29) is 22.0 Å². The van der Waals surface area contributed by atoms with Gasteiger partial charge in [0.1, 0.15) is 0 Å². The van der Waals surface area contributed by atoms with E-state index in [0.29, 0.717) is 5.56 Å². The normalized spacial score (nSPS) is 12.0. The van der Waals surface area contributed by atoms with E-state index in [9.17, 15) is 21.6 Å². The number of nitrogens with one attached hydrogen (secondary N) is 2. The summed E-state index contributed by atoms with van der Waals surface area (Å²) < 4.78 is 54.1. The van der Waals surface area contributed by atoms with Crippen LogP contribution in [0.4, 0.5) is 5.69 Å². The summed E-state index contributed by atoms with van der Waals surface area (Å²) >= 11 is 0. The van der Waals surface area contributed by atoms with Crippen molar-refractivity contribution in [2.75, 3.05) is 18.9 Å². The van der Waals surface area contributed by atoms with Crippen molar-refractivity contribution in [3.05, 3.63) is 90.0 Å². The molecule has 0 aliphatic heterocycles. The molecule has 0 heterocycles. The molecule has 0 saturated heterocycles. The molecule has 10 heteroatoms. The van der Waals surface area contributed by atoms with Crippen LogP contribution in [0.5, 0.6) is 0 Å². The van der Waals surface area contributed by atoms with Crippen LogP contribution < -0.4 is 10.0 Å². The quantitative estimate of drug-likeness (QED) is 0.482. The van der Waals surface area contributed by atoms with Crippen molar-refractivity contribution in [2.24, 2.45) is 0 Å². The SMILES string of the molecule is CNS(=O)(=O)c1ccc(C)c(NC(=O)CN(Cc2ccccc2)S(=O)(=O)c2ccccc2)c1. The zero-order chi connectivity index (χ0) is 24.1. The fourth-order valence-corrected chi connectivity index (χ4v) is 5.29. The Bertz CT molecular complexity index is 1330. The molecule has 0 aliphatic carbocycles. The van der Waals surface area contributed by atoms with Crippen LogP contribution in [0.15, 0.2) is 88.7 Å². The second-order valence-corrected chi connectivity index (χ2v) is 11.1. The Balaban J connectivity index is 1.89. The smallest absolute Gasteiger partial charge is 0.243 e. The maximum absolute atomic E-state index is 13.3. The molecule has 33 heavy (non-hydrogen) atoms. The second-order valence-electron chi connectivity index (χ2n) is 7.30. The number of hydrogen-bond donors (Lipinski definition) is 2. The van der Waals surface area contributed by atoms with Crippen molar-refractivity contribution in [3.63, 3.8) is 0 Å². The highest BCUT2D eigenvalue weighted by atomic mass is 32.2. The van der Waals surface area contributed by atoms with E-state index in [4.69, 9.17) is 0 Å². The summed E-state index contributed by atoms with van der Waals surface area (Å²) in [5, 5.41) is 2.65. The highest BCUT2D eigenvalue weighted by molar-refractivity contribution is 7.89. The number of benzene rings is 3. The van der Waals surface area contributed by atoms with Gasteiger partial charge in [0.25, 0.3) is 0 Å². The number of anilines is 1.